The second-order valence-corrected chi connectivity index (χ2v) is 8.39. The Morgan fingerprint density at radius 1 is 1.32 bits per heavy atom. The van der Waals surface area contributed by atoms with E-state index in [1.54, 1.807) is 7.05 Å². The fraction of sp³-hybridized carbons (Fsp3) is 0.529. The Bertz CT molecular complexity index is 876. The molecule has 0 atom stereocenters. The Hall–Kier alpha value is -2.22. The number of rotatable bonds is 4. The number of hydrogen-bond acceptors (Lipinski definition) is 5. The molecular weight excluding hydrogens is 340 g/mol. The summed E-state index contributed by atoms with van der Waals surface area (Å²) in [4.78, 5) is 44.2. The molecule has 25 heavy (non-hydrogen) atoms. The quantitative estimate of drug-likeness (QED) is 0.890. The van der Waals surface area contributed by atoms with Gasteiger partial charge in [0, 0.05) is 17.5 Å². The van der Waals surface area contributed by atoms with Crippen LogP contribution in [0.3, 0.4) is 0 Å². The van der Waals surface area contributed by atoms with E-state index in [4.69, 9.17) is 0 Å². The van der Waals surface area contributed by atoms with E-state index in [0.717, 1.165) is 10.4 Å². The summed E-state index contributed by atoms with van der Waals surface area (Å²) in [6.45, 7) is 9.24. The number of carbonyl (C=O) groups excluding carboxylic acids is 2. The van der Waals surface area contributed by atoms with Crippen molar-refractivity contribution in [2.24, 2.45) is 0 Å². The lowest BCUT2D eigenvalue weighted by Crippen LogP contribution is -2.47. The lowest BCUT2D eigenvalue weighted by atomic mass is 10.1. The predicted octanol–water partition coefficient (Wildman–Crippen LogP) is 1.45. The van der Waals surface area contributed by atoms with Gasteiger partial charge in [-0.25, -0.2) is 4.98 Å². The van der Waals surface area contributed by atoms with Crippen LogP contribution in [-0.4, -0.2) is 45.4 Å². The average Bonchev–Trinajstić information content (AvgIpc) is 2.75. The van der Waals surface area contributed by atoms with E-state index < -0.39 is 0 Å². The molecule has 0 radical (unpaired) electrons. The molecule has 0 unspecified atom stereocenters. The molecule has 0 spiro atoms. The van der Waals surface area contributed by atoms with E-state index in [1.807, 2.05) is 34.6 Å². The molecule has 2 amide bonds. The number of aryl methyl sites for hydroxylation is 2. The summed E-state index contributed by atoms with van der Waals surface area (Å²) >= 11 is 1.47. The zero-order valence-corrected chi connectivity index (χ0v) is 16.3. The number of fused-ring (bicyclic) bond motifs is 1. The normalized spacial score (nSPS) is 11.6. The molecule has 2 rings (SSSR count). The van der Waals surface area contributed by atoms with Gasteiger partial charge in [0.2, 0.25) is 11.8 Å². The molecule has 7 nitrogen and oxygen atoms in total. The van der Waals surface area contributed by atoms with Crippen LogP contribution in [0.4, 0.5) is 0 Å². The van der Waals surface area contributed by atoms with Crippen molar-refractivity contribution in [3.05, 3.63) is 27.1 Å². The van der Waals surface area contributed by atoms with E-state index in [2.05, 4.69) is 10.3 Å². The fourth-order valence-corrected chi connectivity index (χ4v) is 3.40. The third-order valence-corrected chi connectivity index (χ3v) is 4.90. The van der Waals surface area contributed by atoms with Crippen LogP contribution in [0.5, 0.6) is 0 Å². The first-order chi connectivity index (χ1) is 11.5. The van der Waals surface area contributed by atoms with Crippen LogP contribution in [0.2, 0.25) is 0 Å². The Morgan fingerprint density at radius 3 is 2.56 bits per heavy atom. The van der Waals surface area contributed by atoms with Crippen LogP contribution in [0, 0.1) is 13.8 Å². The van der Waals surface area contributed by atoms with Crippen LogP contribution in [0.15, 0.2) is 11.1 Å². The van der Waals surface area contributed by atoms with Crippen molar-refractivity contribution in [3.8, 4) is 0 Å². The number of nitrogens with zero attached hydrogens (tertiary/aromatic N) is 3. The maximum atomic E-state index is 12.6. The van der Waals surface area contributed by atoms with Gasteiger partial charge in [0.15, 0.2) is 0 Å². The van der Waals surface area contributed by atoms with Gasteiger partial charge in [-0.2, -0.15) is 0 Å². The maximum absolute atomic E-state index is 12.6. The first kappa shape index (κ1) is 19.1. The molecule has 0 aliphatic heterocycles. The number of likely N-dealkylation sites (N-methyl/N-ethyl adjacent to an activating group) is 1. The minimum absolute atomic E-state index is 0.0584. The van der Waals surface area contributed by atoms with Crippen molar-refractivity contribution >= 4 is 33.4 Å². The molecule has 136 valence electrons. The first-order valence-corrected chi connectivity index (χ1v) is 8.81. The van der Waals surface area contributed by atoms with Crippen molar-refractivity contribution in [1.82, 2.24) is 19.8 Å². The summed E-state index contributed by atoms with van der Waals surface area (Å²) < 4.78 is 1.29. The SMILES string of the molecule is Cc1sc2ncn(CC(=O)N(C)CC(=O)NC(C)(C)C)c(=O)c2c1C. The van der Waals surface area contributed by atoms with Gasteiger partial charge in [-0.1, -0.05) is 0 Å². The highest BCUT2D eigenvalue weighted by molar-refractivity contribution is 7.18. The molecule has 2 aromatic rings. The number of carbonyl (C=O) groups is 2. The van der Waals surface area contributed by atoms with Gasteiger partial charge in [-0.3, -0.25) is 19.0 Å². The molecule has 0 bridgehead atoms. The Kier molecular flexibility index (Phi) is 5.31. The minimum atomic E-state index is -0.360. The van der Waals surface area contributed by atoms with Crippen LogP contribution in [-0.2, 0) is 16.1 Å². The van der Waals surface area contributed by atoms with E-state index in [0.29, 0.717) is 10.2 Å². The van der Waals surface area contributed by atoms with E-state index in [1.165, 1.54) is 27.1 Å². The second kappa shape index (κ2) is 6.95. The minimum Gasteiger partial charge on any atom is -0.350 e. The summed E-state index contributed by atoms with van der Waals surface area (Å²) in [6, 6.07) is 0. The molecule has 2 heterocycles. The summed E-state index contributed by atoms with van der Waals surface area (Å²) in [6.07, 6.45) is 1.39. The van der Waals surface area contributed by atoms with Crippen molar-refractivity contribution < 1.29 is 9.59 Å². The fourth-order valence-electron chi connectivity index (χ4n) is 2.41. The molecule has 1 N–H and O–H groups in total. The summed E-state index contributed by atoms with van der Waals surface area (Å²) in [5.74, 6) is -0.564. The molecule has 0 aromatic carbocycles. The third kappa shape index (κ3) is 4.45. The molecule has 0 aliphatic carbocycles. The predicted molar refractivity (Wildman–Crippen MR) is 98.9 cm³/mol. The highest BCUT2D eigenvalue weighted by atomic mass is 32.1. The van der Waals surface area contributed by atoms with Crippen molar-refractivity contribution in [1.29, 1.82) is 0 Å². The smallest absolute Gasteiger partial charge is 0.262 e. The third-order valence-electron chi connectivity index (χ3n) is 3.78. The van der Waals surface area contributed by atoms with Gasteiger partial charge in [-0.05, 0) is 40.2 Å². The Labute approximate surface area is 150 Å². The van der Waals surface area contributed by atoms with Gasteiger partial charge < -0.3 is 10.2 Å². The zero-order chi connectivity index (χ0) is 18.9. The zero-order valence-electron chi connectivity index (χ0n) is 15.5. The lowest BCUT2D eigenvalue weighted by molar-refractivity contribution is -0.135. The lowest BCUT2D eigenvalue weighted by Gasteiger charge is -2.23. The number of hydrogen-bond donors (Lipinski definition) is 1. The van der Waals surface area contributed by atoms with Gasteiger partial charge in [0.25, 0.3) is 5.56 Å². The van der Waals surface area contributed by atoms with Gasteiger partial charge >= 0.3 is 0 Å². The summed E-state index contributed by atoms with van der Waals surface area (Å²) in [5.41, 5.74) is 0.311. The van der Waals surface area contributed by atoms with E-state index >= 15 is 0 Å². The van der Waals surface area contributed by atoms with Crippen molar-refractivity contribution in [3.63, 3.8) is 0 Å². The molecule has 0 fully saturated rings. The van der Waals surface area contributed by atoms with Gasteiger partial charge in [-0.15, -0.1) is 11.3 Å². The number of aromatic nitrogens is 2. The first-order valence-electron chi connectivity index (χ1n) is 7.99. The molecule has 0 saturated carbocycles. The van der Waals surface area contributed by atoms with Gasteiger partial charge in [0.05, 0.1) is 18.3 Å². The number of amides is 2. The monoisotopic (exact) mass is 364 g/mol. The Balaban J connectivity index is 2.14. The molecular formula is C17H24N4O3S. The van der Waals surface area contributed by atoms with Crippen molar-refractivity contribution in [2.75, 3.05) is 13.6 Å². The van der Waals surface area contributed by atoms with E-state index in [9.17, 15) is 14.4 Å². The summed E-state index contributed by atoms with van der Waals surface area (Å²) in [5, 5.41) is 3.36. The maximum Gasteiger partial charge on any atom is 0.262 e. The van der Waals surface area contributed by atoms with Crippen molar-refractivity contribution in [2.45, 2.75) is 46.7 Å². The largest absolute Gasteiger partial charge is 0.350 e. The standard InChI is InChI=1S/C17H24N4O3S/c1-10-11(2)25-15-14(10)16(24)21(9-18-15)8-13(23)20(6)7-12(22)19-17(3,4)5/h9H,7-8H2,1-6H3,(H,19,22). The Morgan fingerprint density at radius 2 is 1.96 bits per heavy atom. The van der Waals surface area contributed by atoms with Gasteiger partial charge in [0.1, 0.15) is 11.4 Å². The number of nitrogens with one attached hydrogen (secondary N) is 1. The highest BCUT2D eigenvalue weighted by Gasteiger charge is 2.19. The topological polar surface area (TPSA) is 84.3 Å². The molecule has 2 aromatic heterocycles. The van der Waals surface area contributed by atoms with Crippen LogP contribution < -0.4 is 10.9 Å². The van der Waals surface area contributed by atoms with Crippen LogP contribution in [0.1, 0.15) is 31.2 Å². The average molecular weight is 364 g/mol. The second-order valence-electron chi connectivity index (χ2n) is 7.19. The molecule has 8 heteroatoms. The summed E-state index contributed by atoms with van der Waals surface area (Å²) in [7, 11) is 1.54. The van der Waals surface area contributed by atoms with Crippen LogP contribution in [0.25, 0.3) is 10.2 Å². The molecule has 0 aliphatic rings. The highest BCUT2D eigenvalue weighted by Crippen LogP contribution is 2.25. The number of thiophene rings is 1. The van der Waals surface area contributed by atoms with Crippen LogP contribution >= 0.6 is 11.3 Å². The van der Waals surface area contributed by atoms with E-state index in [-0.39, 0.29) is 36.0 Å². The molecule has 0 saturated heterocycles.